The van der Waals surface area contributed by atoms with Gasteiger partial charge in [0.2, 0.25) is 15.9 Å². The van der Waals surface area contributed by atoms with Gasteiger partial charge >= 0.3 is 0 Å². The largest absolute Gasteiger partial charge is 0.355 e. The molecule has 0 aliphatic heterocycles. The fourth-order valence-electron chi connectivity index (χ4n) is 3.29. The highest BCUT2D eigenvalue weighted by Gasteiger charge is 2.36. The number of hydrogen-bond acceptors (Lipinski definition) is 9. The number of anilines is 1. The molecule has 0 saturated heterocycles. The third-order valence-electron chi connectivity index (χ3n) is 4.88. The summed E-state index contributed by atoms with van der Waals surface area (Å²) in [6.45, 7) is 3.75. The minimum absolute atomic E-state index is 0.00404. The van der Waals surface area contributed by atoms with Gasteiger partial charge in [-0.15, -0.1) is 11.3 Å². The van der Waals surface area contributed by atoms with Crippen LogP contribution in [0, 0.1) is 5.92 Å². The van der Waals surface area contributed by atoms with Gasteiger partial charge in [-0.3, -0.25) is 24.6 Å². The standard InChI is InChI=1S/C22H32N6O6S2/c1-15(2)12-28(18(21(30)26-32)9-10-24-20(29)13-27(3)4)36(33,34)17-7-5-16(6-8-17)25-22(31)19-11-23-14-35-19/h5-8,11,14-15,18,32H,9-10,12-13H2,1-4H3,(H,24,29)(H,25,31)(H,26,30). The van der Waals surface area contributed by atoms with E-state index < -0.39 is 22.0 Å². The SMILES string of the molecule is CC(C)CN(C(CCNC(=O)CN(C)C)C(=O)NO)S(=O)(=O)c1ccc(NC(=O)c2cncs2)cc1. The van der Waals surface area contributed by atoms with E-state index in [4.69, 9.17) is 0 Å². The number of carbonyl (C=O) groups excluding carboxylic acids is 3. The number of sulfonamides is 1. The van der Waals surface area contributed by atoms with Gasteiger partial charge in [-0.05, 0) is 50.7 Å². The maximum absolute atomic E-state index is 13.6. The van der Waals surface area contributed by atoms with Gasteiger partial charge in [0, 0.05) is 18.8 Å². The number of benzene rings is 1. The summed E-state index contributed by atoms with van der Waals surface area (Å²) in [5.41, 5.74) is 3.45. The van der Waals surface area contributed by atoms with E-state index in [0.717, 1.165) is 4.31 Å². The van der Waals surface area contributed by atoms with Gasteiger partial charge in [0.05, 0.1) is 23.1 Å². The van der Waals surface area contributed by atoms with Gasteiger partial charge < -0.3 is 15.5 Å². The summed E-state index contributed by atoms with van der Waals surface area (Å²) < 4.78 is 28.2. The molecule has 0 aliphatic carbocycles. The van der Waals surface area contributed by atoms with E-state index >= 15 is 0 Å². The first kappa shape index (κ1) is 29.3. The van der Waals surface area contributed by atoms with E-state index in [9.17, 15) is 28.0 Å². The summed E-state index contributed by atoms with van der Waals surface area (Å²) in [5, 5.41) is 14.6. The van der Waals surface area contributed by atoms with Crippen LogP contribution in [0.1, 0.15) is 29.9 Å². The molecule has 0 aliphatic rings. The molecule has 0 fully saturated rings. The predicted molar refractivity (Wildman–Crippen MR) is 135 cm³/mol. The number of hydroxylamine groups is 1. The van der Waals surface area contributed by atoms with Crippen molar-refractivity contribution in [3.8, 4) is 0 Å². The van der Waals surface area contributed by atoms with Crippen LogP contribution in [0.25, 0.3) is 0 Å². The van der Waals surface area contributed by atoms with Crippen LogP contribution in [-0.2, 0) is 19.6 Å². The Morgan fingerprint density at radius 2 is 1.81 bits per heavy atom. The third kappa shape index (κ3) is 8.34. The lowest BCUT2D eigenvalue weighted by atomic mass is 10.1. The molecule has 1 aromatic carbocycles. The molecule has 1 heterocycles. The zero-order chi connectivity index (χ0) is 26.9. The number of carbonyl (C=O) groups is 3. The Morgan fingerprint density at radius 3 is 2.33 bits per heavy atom. The summed E-state index contributed by atoms with van der Waals surface area (Å²) in [5.74, 6) is -1.70. The predicted octanol–water partition coefficient (Wildman–Crippen LogP) is 0.984. The van der Waals surface area contributed by atoms with E-state index in [1.165, 1.54) is 52.8 Å². The van der Waals surface area contributed by atoms with Crippen molar-refractivity contribution in [1.82, 2.24) is 25.0 Å². The van der Waals surface area contributed by atoms with Gasteiger partial charge in [-0.2, -0.15) is 4.31 Å². The molecule has 0 bridgehead atoms. The first-order valence-electron chi connectivity index (χ1n) is 11.1. The summed E-state index contributed by atoms with van der Waals surface area (Å²) in [6, 6.07) is 4.28. The van der Waals surface area contributed by atoms with Crippen LogP contribution in [-0.4, -0.2) is 85.3 Å². The summed E-state index contributed by atoms with van der Waals surface area (Å²) in [7, 11) is -0.727. The maximum Gasteiger partial charge on any atom is 0.267 e. The number of nitrogens with one attached hydrogen (secondary N) is 3. The Balaban J connectivity index is 2.25. The van der Waals surface area contributed by atoms with Gasteiger partial charge in [0.1, 0.15) is 10.9 Å². The molecule has 1 atom stereocenters. The zero-order valence-corrected chi connectivity index (χ0v) is 22.2. The van der Waals surface area contributed by atoms with E-state index in [1.54, 1.807) is 32.8 Å². The minimum atomic E-state index is -4.19. The molecule has 3 amide bonds. The molecule has 0 spiro atoms. The van der Waals surface area contributed by atoms with Crippen LogP contribution in [0.5, 0.6) is 0 Å². The highest BCUT2D eigenvalue weighted by molar-refractivity contribution is 7.89. The Bertz CT molecular complexity index is 1120. The minimum Gasteiger partial charge on any atom is -0.355 e. The normalized spacial score (nSPS) is 12.6. The summed E-state index contributed by atoms with van der Waals surface area (Å²) in [6.07, 6.45) is 1.37. The number of likely N-dealkylation sites (N-methyl/N-ethyl adjacent to an activating group) is 1. The van der Waals surface area contributed by atoms with Crippen molar-refractivity contribution in [3.63, 3.8) is 0 Å². The van der Waals surface area contributed by atoms with Gasteiger partial charge in [0.25, 0.3) is 11.8 Å². The van der Waals surface area contributed by atoms with Crippen molar-refractivity contribution < 1.29 is 28.0 Å². The average molecular weight is 541 g/mol. The number of hydrogen-bond donors (Lipinski definition) is 4. The van der Waals surface area contributed by atoms with E-state index in [-0.39, 0.29) is 48.7 Å². The summed E-state index contributed by atoms with van der Waals surface area (Å²) >= 11 is 1.17. The van der Waals surface area contributed by atoms with E-state index in [2.05, 4.69) is 15.6 Å². The Kier molecular flexibility index (Phi) is 10.9. The molecule has 12 nitrogen and oxygen atoms in total. The lowest BCUT2D eigenvalue weighted by molar-refractivity contribution is -0.133. The lowest BCUT2D eigenvalue weighted by Gasteiger charge is -2.31. The number of aromatic nitrogens is 1. The third-order valence-corrected chi connectivity index (χ3v) is 7.54. The highest BCUT2D eigenvalue weighted by atomic mass is 32.2. The van der Waals surface area contributed by atoms with Crippen molar-refractivity contribution in [2.24, 2.45) is 5.92 Å². The number of nitrogens with zero attached hydrogens (tertiary/aromatic N) is 3. The second kappa shape index (κ2) is 13.4. The molecule has 1 aromatic heterocycles. The molecule has 0 radical (unpaired) electrons. The van der Waals surface area contributed by atoms with Crippen molar-refractivity contribution in [2.75, 3.05) is 39.0 Å². The van der Waals surface area contributed by atoms with Crippen molar-refractivity contribution >= 4 is 44.8 Å². The molecule has 2 aromatic rings. The molecule has 0 saturated carbocycles. The second-order valence-corrected chi connectivity index (χ2v) is 11.5. The molecular weight excluding hydrogens is 508 g/mol. The number of thiazole rings is 1. The first-order chi connectivity index (χ1) is 16.9. The smallest absolute Gasteiger partial charge is 0.267 e. The van der Waals surface area contributed by atoms with Crippen LogP contribution in [0.3, 0.4) is 0 Å². The van der Waals surface area contributed by atoms with Crippen LogP contribution in [0.2, 0.25) is 0 Å². The fourth-order valence-corrected chi connectivity index (χ4v) is 5.59. The van der Waals surface area contributed by atoms with Crippen LogP contribution in [0.15, 0.2) is 40.9 Å². The number of rotatable bonds is 13. The molecule has 2 rings (SSSR count). The average Bonchev–Trinajstić information content (AvgIpc) is 3.35. The van der Waals surface area contributed by atoms with Crippen LogP contribution >= 0.6 is 11.3 Å². The van der Waals surface area contributed by atoms with Crippen LogP contribution in [0.4, 0.5) is 5.69 Å². The van der Waals surface area contributed by atoms with Crippen LogP contribution < -0.4 is 16.1 Å². The van der Waals surface area contributed by atoms with E-state index in [1.807, 2.05) is 0 Å². The second-order valence-electron chi connectivity index (χ2n) is 8.68. The molecule has 14 heteroatoms. The molecular formula is C22H32N6O6S2. The van der Waals surface area contributed by atoms with Gasteiger partial charge in [-0.25, -0.2) is 13.9 Å². The van der Waals surface area contributed by atoms with Gasteiger partial charge in [-0.1, -0.05) is 13.8 Å². The maximum atomic E-state index is 13.6. The quantitative estimate of drug-likeness (QED) is 0.216. The molecule has 36 heavy (non-hydrogen) atoms. The lowest BCUT2D eigenvalue weighted by Crippen LogP contribution is -2.51. The first-order valence-corrected chi connectivity index (χ1v) is 13.4. The van der Waals surface area contributed by atoms with Crippen molar-refractivity contribution in [1.29, 1.82) is 0 Å². The Morgan fingerprint density at radius 1 is 1.14 bits per heavy atom. The Hall–Kier alpha value is -2.91. The van der Waals surface area contributed by atoms with E-state index in [0.29, 0.717) is 10.6 Å². The fraction of sp³-hybridized carbons (Fsp3) is 0.455. The monoisotopic (exact) mass is 540 g/mol. The molecule has 198 valence electrons. The zero-order valence-electron chi connectivity index (χ0n) is 20.6. The molecule has 4 N–H and O–H groups in total. The topological polar surface area (TPSA) is 161 Å². The van der Waals surface area contributed by atoms with Crippen molar-refractivity contribution in [3.05, 3.63) is 40.8 Å². The molecule has 1 unspecified atom stereocenters. The van der Waals surface area contributed by atoms with Crippen molar-refractivity contribution in [2.45, 2.75) is 31.2 Å². The Labute approximate surface area is 214 Å². The highest BCUT2D eigenvalue weighted by Crippen LogP contribution is 2.23. The van der Waals surface area contributed by atoms with Gasteiger partial charge in [0.15, 0.2) is 0 Å². The summed E-state index contributed by atoms with van der Waals surface area (Å²) in [4.78, 5) is 42.5. The number of amides is 3.